The minimum absolute atomic E-state index is 0.145. The lowest BCUT2D eigenvalue weighted by Gasteiger charge is -2.16. The number of nitrogens with zero attached hydrogens (tertiary/aromatic N) is 2. The van der Waals surface area contributed by atoms with Crippen LogP contribution in [0.2, 0.25) is 10.0 Å². The van der Waals surface area contributed by atoms with Gasteiger partial charge in [-0.3, -0.25) is 4.68 Å². The van der Waals surface area contributed by atoms with Crippen LogP contribution in [0.4, 0.5) is 26.3 Å². The van der Waals surface area contributed by atoms with Gasteiger partial charge in [-0.05, 0) is 48.5 Å². The van der Waals surface area contributed by atoms with E-state index < -0.39 is 34.4 Å². The van der Waals surface area contributed by atoms with E-state index in [4.69, 9.17) is 27.9 Å². The smallest absolute Gasteiger partial charge is 0.433 e. The molecule has 0 saturated heterocycles. The molecule has 0 fully saturated rings. The van der Waals surface area contributed by atoms with Gasteiger partial charge in [0, 0.05) is 34.3 Å². The number of alkyl halides is 6. The van der Waals surface area contributed by atoms with Gasteiger partial charge in [0.1, 0.15) is 28.8 Å². The van der Waals surface area contributed by atoms with Crippen molar-refractivity contribution in [1.82, 2.24) is 9.78 Å². The zero-order valence-corrected chi connectivity index (χ0v) is 20.1. The molecule has 1 N–H and O–H groups in total. The van der Waals surface area contributed by atoms with E-state index in [2.05, 4.69) is 17.2 Å². The average molecular weight is 559 g/mol. The van der Waals surface area contributed by atoms with Gasteiger partial charge < -0.3 is 9.84 Å². The number of aromatic nitrogens is 2. The summed E-state index contributed by atoms with van der Waals surface area (Å²) in [6.45, 7) is -0.224. The fourth-order valence-electron chi connectivity index (χ4n) is 3.59. The second-order valence-corrected chi connectivity index (χ2v) is 8.62. The van der Waals surface area contributed by atoms with E-state index in [1.807, 2.05) is 0 Å². The van der Waals surface area contributed by atoms with Crippen LogP contribution in [0.25, 0.3) is 22.4 Å². The van der Waals surface area contributed by atoms with Gasteiger partial charge in [-0.1, -0.05) is 35.3 Å². The van der Waals surface area contributed by atoms with Gasteiger partial charge in [0.05, 0.1) is 11.3 Å². The molecule has 4 aromatic rings. The Bertz CT molecular complexity index is 1450. The average Bonchev–Trinajstić information content (AvgIpc) is 3.20. The maximum atomic E-state index is 13.5. The number of aryl methyl sites for hydroxylation is 1. The molecule has 4 rings (SSSR count). The number of halogens is 8. The van der Waals surface area contributed by atoms with Crippen molar-refractivity contribution in [3.05, 3.63) is 87.5 Å². The van der Waals surface area contributed by atoms with Gasteiger partial charge in [-0.2, -0.15) is 31.4 Å². The van der Waals surface area contributed by atoms with Crippen LogP contribution in [0.15, 0.2) is 48.5 Å². The Morgan fingerprint density at radius 1 is 0.946 bits per heavy atom. The van der Waals surface area contributed by atoms with E-state index in [1.54, 1.807) is 24.3 Å². The number of phenolic OH excluding ortho intramolecular Hbond substituents is 1. The first-order valence-electron chi connectivity index (χ1n) is 10.3. The molecule has 0 spiro atoms. The molecule has 37 heavy (non-hydrogen) atoms. The van der Waals surface area contributed by atoms with Crippen molar-refractivity contribution in [1.29, 1.82) is 0 Å². The van der Waals surface area contributed by atoms with Crippen LogP contribution in [0.3, 0.4) is 0 Å². The maximum absolute atomic E-state index is 13.5. The molecule has 3 aromatic carbocycles. The summed E-state index contributed by atoms with van der Waals surface area (Å²) in [5.74, 6) is -0.245. The summed E-state index contributed by atoms with van der Waals surface area (Å²) < 4.78 is 86.7. The topological polar surface area (TPSA) is 47.3 Å². The first-order valence-corrected chi connectivity index (χ1v) is 11.1. The number of rotatable bonds is 5. The van der Waals surface area contributed by atoms with Crippen LogP contribution in [-0.2, 0) is 26.0 Å². The van der Waals surface area contributed by atoms with Gasteiger partial charge in [-0.15, -0.1) is 0 Å². The first-order chi connectivity index (χ1) is 17.3. The summed E-state index contributed by atoms with van der Waals surface area (Å²) in [6, 6.07) is 15.0. The molecule has 12 heteroatoms. The Balaban J connectivity index is 1.86. The number of ether oxygens (including phenoxy) is 1. The number of hydrogen-bond donors (Lipinski definition) is 1. The minimum Gasteiger partial charge on any atom is -0.507 e. The summed E-state index contributed by atoms with van der Waals surface area (Å²) in [4.78, 5) is 0. The lowest BCUT2D eigenvalue weighted by Crippen LogP contribution is -2.11. The van der Waals surface area contributed by atoms with Crippen molar-refractivity contribution < 1.29 is 36.2 Å². The van der Waals surface area contributed by atoms with E-state index in [0.29, 0.717) is 21.5 Å². The number of hydrogen-bond acceptors (Lipinski definition) is 3. The van der Waals surface area contributed by atoms with E-state index in [0.717, 1.165) is 13.1 Å². The third-order valence-electron chi connectivity index (χ3n) is 5.33. The van der Waals surface area contributed by atoms with E-state index in [9.17, 15) is 31.4 Å². The molecule has 0 aliphatic heterocycles. The molecule has 0 radical (unpaired) electrons. The van der Waals surface area contributed by atoms with Crippen LogP contribution < -0.4 is 4.74 Å². The molecule has 0 amide bonds. The highest BCUT2D eigenvalue weighted by molar-refractivity contribution is 6.31. The molecule has 0 atom stereocenters. The summed E-state index contributed by atoms with van der Waals surface area (Å²) in [7, 11) is 1.08. The fourth-order valence-corrected chi connectivity index (χ4v) is 3.93. The molecule has 0 saturated carbocycles. The van der Waals surface area contributed by atoms with Crippen LogP contribution >= 0.6 is 23.2 Å². The SMILES string of the molecule is Cn1nc(-c2ccc(COc3ccc(Cl)cc3)c(-c3c#cc(Cl)c(C(F)(F)F)c3)c2O)cc1C(F)(F)F. The predicted molar refractivity (Wildman–Crippen MR) is 124 cm³/mol. The van der Waals surface area contributed by atoms with Gasteiger partial charge >= 0.3 is 12.4 Å². The zero-order valence-electron chi connectivity index (χ0n) is 18.6. The van der Waals surface area contributed by atoms with Crippen LogP contribution in [-0.4, -0.2) is 14.9 Å². The van der Waals surface area contributed by atoms with Crippen molar-refractivity contribution >= 4 is 23.2 Å². The highest BCUT2D eigenvalue weighted by Gasteiger charge is 2.36. The molecule has 1 aromatic heterocycles. The van der Waals surface area contributed by atoms with Gasteiger partial charge in [0.25, 0.3) is 0 Å². The molecule has 0 aliphatic rings. The summed E-state index contributed by atoms with van der Waals surface area (Å²) in [5.41, 5.74) is -2.90. The van der Waals surface area contributed by atoms with Crippen LogP contribution in [0.5, 0.6) is 11.5 Å². The standard InChI is InChI=1S/C25H14Cl2F6N2O2/c1-35-21(25(31,32)33)11-20(34-35)17-8-2-14(12-37-16-6-4-15(26)5-7-16)22(23(17)36)13-3-9-19(27)18(10-13)24(28,29)30/h2,4-8,10-11,36H,12H2,1H3. The van der Waals surface area contributed by atoms with E-state index in [1.165, 1.54) is 12.1 Å². The molecule has 4 nitrogen and oxygen atoms in total. The molecular formula is C25H14Cl2F6N2O2. The molecule has 0 bridgehead atoms. The summed E-state index contributed by atoms with van der Waals surface area (Å²) in [6.07, 6.45) is -9.56. The number of phenols is 1. The lowest BCUT2D eigenvalue weighted by molar-refractivity contribution is -0.143. The fraction of sp³-hybridized carbons (Fsp3) is 0.160. The quantitative estimate of drug-likeness (QED) is 0.252. The molecule has 192 valence electrons. The van der Waals surface area contributed by atoms with Crippen molar-refractivity contribution in [2.75, 3.05) is 0 Å². The molecule has 1 heterocycles. The Hall–Kier alpha value is -3.55. The van der Waals surface area contributed by atoms with Crippen molar-refractivity contribution in [3.8, 4) is 33.9 Å². The van der Waals surface area contributed by atoms with Crippen molar-refractivity contribution in [2.45, 2.75) is 19.0 Å². The minimum atomic E-state index is -4.84. The van der Waals surface area contributed by atoms with Crippen molar-refractivity contribution in [3.63, 3.8) is 0 Å². The largest absolute Gasteiger partial charge is 0.507 e. The molecule has 0 unspecified atom stereocenters. The van der Waals surface area contributed by atoms with E-state index >= 15 is 0 Å². The second-order valence-electron chi connectivity index (χ2n) is 7.81. The van der Waals surface area contributed by atoms with Gasteiger partial charge in [-0.25, -0.2) is 0 Å². The summed E-state index contributed by atoms with van der Waals surface area (Å²) >= 11 is 11.5. The first kappa shape index (κ1) is 26.5. The Labute approximate surface area is 216 Å². The van der Waals surface area contributed by atoms with Crippen molar-refractivity contribution in [2.24, 2.45) is 7.05 Å². The Morgan fingerprint density at radius 2 is 1.62 bits per heavy atom. The molecule has 0 aliphatic carbocycles. The maximum Gasteiger partial charge on any atom is 0.433 e. The lowest BCUT2D eigenvalue weighted by atomic mass is 9.94. The highest BCUT2D eigenvalue weighted by Crippen LogP contribution is 2.43. The highest BCUT2D eigenvalue weighted by atomic mass is 35.5. The third-order valence-corrected chi connectivity index (χ3v) is 5.88. The van der Waals surface area contributed by atoms with E-state index in [-0.39, 0.29) is 34.6 Å². The second kappa shape index (κ2) is 9.72. The number of aromatic hydroxyl groups is 1. The Morgan fingerprint density at radius 3 is 2.22 bits per heavy atom. The summed E-state index contributed by atoms with van der Waals surface area (Å²) in [5, 5.41) is 14.7. The number of benzene rings is 2. The monoisotopic (exact) mass is 558 g/mol. The van der Waals surface area contributed by atoms with Gasteiger partial charge in [0.15, 0.2) is 0 Å². The third kappa shape index (κ3) is 5.58. The molecular weight excluding hydrogens is 545 g/mol. The Kier molecular flexibility index (Phi) is 6.97. The van der Waals surface area contributed by atoms with Crippen LogP contribution in [0, 0.1) is 12.1 Å². The predicted octanol–water partition coefficient (Wildman–Crippen LogP) is 7.98. The normalized spacial score (nSPS) is 11.9. The zero-order chi connectivity index (χ0) is 27.1. The van der Waals surface area contributed by atoms with Gasteiger partial charge in [0.2, 0.25) is 0 Å². The van der Waals surface area contributed by atoms with Crippen LogP contribution in [0.1, 0.15) is 16.8 Å².